The third kappa shape index (κ3) is 2.91. The molecule has 0 saturated heterocycles. The molecule has 15 heavy (non-hydrogen) atoms. The molecular formula is C11H11BrN2O. The molecule has 0 radical (unpaired) electrons. The second-order valence-corrected chi connectivity index (χ2v) is 4.01. The first-order chi connectivity index (χ1) is 7.36. The van der Waals surface area contributed by atoms with Gasteiger partial charge in [-0.1, -0.05) is 0 Å². The van der Waals surface area contributed by atoms with E-state index in [1.807, 2.05) is 18.2 Å². The average Bonchev–Trinajstić information content (AvgIpc) is 2.66. The van der Waals surface area contributed by atoms with Crippen LogP contribution in [0.2, 0.25) is 0 Å². The quantitative estimate of drug-likeness (QED) is 0.925. The number of pyridine rings is 1. The Morgan fingerprint density at radius 1 is 1.20 bits per heavy atom. The Bertz CT molecular complexity index is 414. The molecule has 0 atom stereocenters. The van der Waals surface area contributed by atoms with Crippen molar-refractivity contribution in [2.45, 2.75) is 13.1 Å². The predicted molar refractivity (Wildman–Crippen MR) is 61.2 cm³/mol. The fourth-order valence-corrected chi connectivity index (χ4v) is 1.61. The Labute approximate surface area is 96.6 Å². The van der Waals surface area contributed by atoms with Gasteiger partial charge in [0.1, 0.15) is 5.76 Å². The number of halogens is 1. The van der Waals surface area contributed by atoms with Crippen LogP contribution in [-0.2, 0) is 13.1 Å². The van der Waals surface area contributed by atoms with Gasteiger partial charge in [0, 0.05) is 18.9 Å². The molecule has 2 aromatic rings. The van der Waals surface area contributed by atoms with E-state index in [0.29, 0.717) is 0 Å². The van der Waals surface area contributed by atoms with Gasteiger partial charge in [0.15, 0.2) is 0 Å². The molecule has 0 aliphatic rings. The van der Waals surface area contributed by atoms with Crippen molar-refractivity contribution in [2.75, 3.05) is 0 Å². The van der Waals surface area contributed by atoms with E-state index in [4.69, 9.17) is 4.42 Å². The SMILES string of the molecule is Brc1ccoc1CNCc1ccncc1. The Morgan fingerprint density at radius 2 is 2.00 bits per heavy atom. The summed E-state index contributed by atoms with van der Waals surface area (Å²) in [5.41, 5.74) is 1.22. The molecule has 0 aliphatic heterocycles. The average molecular weight is 267 g/mol. The molecule has 0 aliphatic carbocycles. The van der Waals surface area contributed by atoms with Gasteiger partial charge in [0.05, 0.1) is 17.3 Å². The lowest BCUT2D eigenvalue weighted by Crippen LogP contribution is -2.12. The Balaban J connectivity index is 1.83. The predicted octanol–water partition coefficient (Wildman–Crippen LogP) is 2.73. The van der Waals surface area contributed by atoms with Gasteiger partial charge in [-0.05, 0) is 39.7 Å². The minimum absolute atomic E-state index is 0.718. The van der Waals surface area contributed by atoms with Gasteiger partial charge in [0.25, 0.3) is 0 Å². The second-order valence-electron chi connectivity index (χ2n) is 3.15. The normalized spacial score (nSPS) is 10.5. The van der Waals surface area contributed by atoms with Crippen LogP contribution in [0.3, 0.4) is 0 Å². The zero-order chi connectivity index (χ0) is 10.5. The Hall–Kier alpha value is -1.13. The van der Waals surface area contributed by atoms with Crippen molar-refractivity contribution >= 4 is 15.9 Å². The van der Waals surface area contributed by atoms with Crippen LogP contribution >= 0.6 is 15.9 Å². The minimum Gasteiger partial charge on any atom is -0.467 e. The van der Waals surface area contributed by atoms with Crippen LogP contribution in [0.4, 0.5) is 0 Å². The summed E-state index contributed by atoms with van der Waals surface area (Å²) >= 11 is 3.41. The molecule has 4 heteroatoms. The third-order valence-corrected chi connectivity index (χ3v) is 2.76. The van der Waals surface area contributed by atoms with Crippen molar-refractivity contribution in [3.05, 3.63) is 52.7 Å². The first-order valence-corrected chi connectivity index (χ1v) is 5.47. The van der Waals surface area contributed by atoms with Crippen molar-refractivity contribution in [1.29, 1.82) is 0 Å². The summed E-state index contributed by atoms with van der Waals surface area (Å²) in [4.78, 5) is 3.96. The summed E-state index contributed by atoms with van der Waals surface area (Å²) in [7, 11) is 0. The van der Waals surface area contributed by atoms with E-state index in [2.05, 4.69) is 26.2 Å². The maximum absolute atomic E-state index is 5.28. The zero-order valence-electron chi connectivity index (χ0n) is 8.11. The molecule has 0 unspecified atom stereocenters. The molecular weight excluding hydrogens is 256 g/mol. The highest BCUT2D eigenvalue weighted by Gasteiger charge is 2.01. The Kier molecular flexibility index (Phi) is 3.53. The van der Waals surface area contributed by atoms with E-state index < -0.39 is 0 Å². The van der Waals surface area contributed by atoms with Crippen molar-refractivity contribution in [3.8, 4) is 0 Å². The third-order valence-electron chi connectivity index (χ3n) is 2.06. The van der Waals surface area contributed by atoms with E-state index >= 15 is 0 Å². The summed E-state index contributed by atoms with van der Waals surface area (Å²) in [6.45, 7) is 1.53. The molecule has 1 N–H and O–H groups in total. The first kappa shape index (κ1) is 10.4. The summed E-state index contributed by atoms with van der Waals surface area (Å²) < 4.78 is 6.28. The molecule has 2 heterocycles. The maximum Gasteiger partial charge on any atom is 0.131 e. The van der Waals surface area contributed by atoms with Crippen LogP contribution in [0.25, 0.3) is 0 Å². The van der Waals surface area contributed by atoms with E-state index in [0.717, 1.165) is 23.3 Å². The van der Waals surface area contributed by atoms with Gasteiger partial charge in [-0.25, -0.2) is 0 Å². The first-order valence-electron chi connectivity index (χ1n) is 4.68. The number of nitrogens with zero attached hydrogens (tertiary/aromatic N) is 1. The molecule has 0 bridgehead atoms. The van der Waals surface area contributed by atoms with E-state index in [9.17, 15) is 0 Å². The number of hydrogen-bond donors (Lipinski definition) is 1. The molecule has 0 saturated carbocycles. The largest absolute Gasteiger partial charge is 0.467 e. The van der Waals surface area contributed by atoms with Gasteiger partial charge in [-0.2, -0.15) is 0 Å². The van der Waals surface area contributed by atoms with Crippen LogP contribution in [0.1, 0.15) is 11.3 Å². The van der Waals surface area contributed by atoms with Crippen LogP contribution < -0.4 is 5.32 Å². The molecule has 0 aromatic carbocycles. The number of rotatable bonds is 4. The monoisotopic (exact) mass is 266 g/mol. The zero-order valence-corrected chi connectivity index (χ0v) is 9.70. The summed E-state index contributed by atoms with van der Waals surface area (Å²) in [5, 5.41) is 3.29. The number of aromatic nitrogens is 1. The molecule has 78 valence electrons. The summed E-state index contributed by atoms with van der Waals surface area (Å²) in [6, 6.07) is 5.87. The fraction of sp³-hybridized carbons (Fsp3) is 0.182. The van der Waals surface area contributed by atoms with Crippen molar-refractivity contribution in [3.63, 3.8) is 0 Å². The molecule has 0 amide bonds. The molecule has 0 spiro atoms. The fourth-order valence-electron chi connectivity index (χ4n) is 1.27. The lowest BCUT2D eigenvalue weighted by Gasteiger charge is -2.02. The Morgan fingerprint density at radius 3 is 2.67 bits per heavy atom. The van der Waals surface area contributed by atoms with Gasteiger partial charge < -0.3 is 9.73 Å². The van der Waals surface area contributed by atoms with Gasteiger partial charge in [0.2, 0.25) is 0 Å². The molecule has 2 rings (SSSR count). The number of nitrogens with one attached hydrogen (secondary N) is 1. The lowest BCUT2D eigenvalue weighted by molar-refractivity contribution is 0.480. The topological polar surface area (TPSA) is 38.1 Å². The minimum atomic E-state index is 0.718. The standard InChI is InChI=1S/C11H11BrN2O/c12-10-3-6-15-11(10)8-14-7-9-1-4-13-5-2-9/h1-6,14H,7-8H2. The van der Waals surface area contributed by atoms with Crippen LogP contribution in [-0.4, -0.2) is 4.98 Å². The summed E-state index contributed by atoms with van der Waals surface area (Å²) in [5.74, 6) is 0.920. The number of furan rings is 1. The van der Waals surface area contributed by atoms with Gasteiger partial charge in [-0.15, -0.1) is 0 Å². The van der Waals surface area contributed by atoms with E-state index in [-0.39, 0.29) is 0 Å². The van der Waals surface area contributed by atoms with Crippen molar-refractivity contribution < 1.29 is 4.42 Å². The highest BCUT2D eigenvalue weighted by Crippen LogP contribution is 2.16. The smallest absolute Gasteiger partial charge is 0.131 e. The summed E-state index contributed by atoms with van der Waals surface area (Å²) in [6.07, 6.45) is 5.26. The van der Waals surface area contributed by atoms with Crippen molar-refractivity contribution in [1.82, 2.24) is 10.3 Å². The highest BCUT2D eigenvalue weighted by atomic mass is 79.9. The van der Waals surface area contributed by atoms with Crippen LogP contribution in [0, 0.1) is 0 Å². The van der Waals surface area contributed by atoms with Gasteiger partial charge in [-0.3, -0.25) is 4.98 Å². The van der Waals surface area contributed by atoms with Crippen LogP contribution in [0.15, 0.2) is 45.7 Å². The van der Waals surface area contributed by atoms with Crippen LogP contribution in [0.5, 0.6) is 0 Å². The molecule has 2 aromatic heterocycles. The highest BCUT2D eigenvalue weighted by molar-refractivity contribution is 9.10. The second kappa shape index (κ2) is 5.09. The maximum atomic E-state index is 5.28. The molecule has 0 fully saturated rings. The van der Waals surface area contributed by atoms with E-state index in [1.165, 1.54) is 5.56 Å². The number of hydrogen-bond acceptors (Lipinski definition) is 3. The van der Waals surface area contributed by atoms with Gasteiger partial charge >= 0.3 is 0 Å². The van der Waals surface area contributed by atoms with Crippen molar-refractivity contribution in [2.24, 2.45) is 0 Å². The van der Waals surface area contributed by atoms with E-state index in [1.54, 1.807) is 18.7 Å². The lowest BCUT2D eigenvalue weighted by atomic mass is 10.3. The molecule has 3 nitrogen and oxygen atoms in total.